The molecule has 0 spiro atoms. The SMILES string of the molecule is Cc1ccc(F)c(CN2CCc3ncc(-c4ccc5nc(N)sc5c4)cc3C2=O)c1.Nc1nc2ccc(-c3cnc4c(c3)C(=O)N(Cc3cc(F)cc(F)c3OC3CC3)CC4)cc2s1. The molecule has 11 nitrogen and oxygen atoms in total. The van der Waals surface area contributed by atoms with E-state index in [-0.39, 0.29) is 42.6 Å². The summed E-state index contributed by atoms with van der Waals surface area (Å²) in [6.07, 6.45) is 6.42. The highest BCUT2D eigenvalue weighted by molar-refractivity contribution is 7.22. The third-order valence-electron chi connectivity index (χ3n) is 11.5. The first-order chi connectivity index (χ1) is 30.9. The first-order valence-corrected chi connectivity index (χ1v) is 22.3. The van der Waals surface area contributed by atoms with Gasteiger partial charge >= 0.3 is 0 Å². The minimum Gasteiger partial charge on any atom is -0.487 e. The average Bonchev–Trinajstić information content (AvgIpc) is 3.91. The van der Waals surface area contributed by atoms with Crippen LogP contribution in [0.25, 0.3) is 42.7 Å². The molecule has 2 amide bonds. The monoisotopic (exact) mass is 896 g/mol. The highest BCUT2D eigenvalue weighted by atomic mass is 32.1. The predicted octanol–water partition coefficient (Wildman–Crippen LogP) is 9.54. The van der Waals surface area contributed by atoms with E-state index in [1.165, 1.54) is 34.8 Å². The van der Waals surface area contributed by atoms with E-state index in [0.717, 1.165) is 72.9 Å². The average molecular weight is 897 g/mol. The van der Waals surface area contributed by atoms with Crippen LogP contribution in [0.15, 0.2) is 91.3 Å². The summed E-state index contributed by atoms with van der Waals surface area (Å²) in [5.74, 6) is -2.02. The van der Waals surface area contributed by atoms with Crippen LogP contribution in [0.5, 0.6) is 5.75 Å². The molecular formula is C48H39F3N8O3S2. The van der Waals surface area contributed by atoms with Gasteiger partial charge in [0.2, 0.25) is 0 Å². The Hall–Kier alpha value is -6.91. The Balaban J connectivity index is 0.000000153. The number of anilines is 2. The fourth-order valence-electron chi connectivity index (χ4n) is 8.09. The first-order valence-electron chi connectivity index (χ1n) is 20.7. The van der Waals surface area contributed by atoms with Gasteiger partial charge in [0.25, 0.3) is 11.8 Å². The Bertz CT molecular complexity index is 3170. The van der Waals surface area contributed by atoms with E-state index in [9.17, 15) is 22.8 Å². The molecule has 0 unspecified atom stereocenters. The number of fused-ring (bicyclic) bond motifs is 4. The third kappa shape index (κ3) is 8.33. The quantitative estimate of drug-likeness (QED) is 0.152. The second-order valence-corrected chi connectivity index (χ2v) is 18.3. The summed E-state index contributed by atoms with van der Waals surface area (Å²) in [7, 11) is 0. The number of nitrogens with zero attached hydrogens (tertiary/aromatic N) is 6. The molecule has 0 saturated heterocycles. The number of carbonyl (C=O) groups excluding carboxylic acids is 2. The number of rotatable bonds is 8. The number of pyridine rings is 2. The Kier molecular flexibility index (Phi) is 10.7. The largest absolute Gasteiger partial charge is 0.487 e. The number of aromatic nitrogens is 4. The Morgan fingerprint density at radius 2 is 1.20 bits per heavy atom. The van der Waals surface area contributed by atoms with Crippen LogP contribution in [-0.4, -0.2) is 60.7 Å². The highest BCUT2D eigenvalue weighted by Crippen LogP contribution is 2.36. The van der Waals surface area contributed by atoms with Crippen LogP contribution in [0, 0.1) is 24.4 Å². The van der Waals surface area contributed by atoms with Crippen molar-refractivity contribution in [1.82, 2.24) is 29.7 Å². The molecule has 1 fully saturated rings. The van der Waals surface area contributed by atoms with Crippen molar-refractivity contribution in [3.63, 3.8) is 0 Å². The van der Waals surface area contributed by atoms with Gasteiger partial charge in [-0.25, -0.2) is 23.1 Å². The Morgan fingerprint density at radius 3 is 1.75 bits per heavy atom. The lowest BCUT2D eigenvalue weighted by Crippen LogP contribution is -2.37. The van der Waals surface area contributed by atoms with E-state index < -0.39 is 11.6 Å². The minimum absolute atomic E-state index is 0.0338. The van der Waals surface area contributed by atoms with Crippen molar-refractivity contribution in [3.8, 4) is 28.0 Å². The zero-order valence-electron chi connectivity index (χ0n) is 34.4. The maximum absolute atomic E-state index is 14.5. The van der Waals surface area contributed by atoms with Crippen molar-refractivity contribution in [1.29, 1.82) is 0 Å². The molecule has 4 aromatic heterocycles. The standard InChI is InChI=1S/C25H20F2N4O2S.C23H19FN4OS/c26-16-7-15(23(19(27)10-16)33-17-2-3-17)12-31-6-5-20-18(24(31)32)8-14(11-29-20)13-1-4-21-22(9-13)34-25(28)30-21;1-13-2-4-18(24)16(8-13)12-28-7-6-19-17(22(28)29)9-15(11-26-19)14-3-5-20-21(10-14)30-23(25)27-20/h1,4,7-11,17H,2-3,5-6,12H2,(H2,28,30);2-5,8-11H,6-7,12H2,1H3,(H2,25,27). The molecule has 3 aliphatic rings. The summed E-state index contributed by atoms with van der Waals surface area (Å²) < 4.78 is 50.3. The fourth-order valence-corrected chi connectivity index (χ4v) is 9.64. The summed E-state index contributed by atoms with van der Waals surface area (Å²) in [5.41, 5.74) is 21.2. The normalized spacial score (nSPS) is 14.7. The lowest BCUT2D eigenvalue weighted by atomic mass is 9.99. The van der Waals surface area contributed by atoms with Gasteiger partial charge in [-0.05, 0) is 79.4 Å². The fraction of sp³-hybridized carbons (Fsp3) is 0.208. The van der Waals surface area contributed by atoms with E-state index in [0.29, 0.717) is 64.1 Å². The molecule has 16 heteroatoms. The molecule has 322 valence electrons. The Labute approximate surface area is 373 Å². The number of benzene rings is 4. The number of halogens is 3. The summed E-state index contributed by atoms with van der Waals surface area (Å²) >= 11 is 2.83. The van der Waals surface area contributed by atoms with Gasteiger partial charge in [-0.1, -0.05) is 52.5 Å². The van der Waals surface area contributed by atoms with E-state index in [4.69, 9.17) is 16.2 Å². The molecule has 1 saturated carbocycles. The summed E-state index contributed by atoms with van der Waals surface area (Å²) in [4.78, 5) is 47.5. The van der Waals surface area contributed by atoms with E-state index in [1.54, 1.807) is 34.3 Å². The number of carbonyl (C=O) groups is 2. The minimum atomic E-state index is -0.741. The van der Waals surface area contributed by atoms with Crippen molar-refractivity contribution < 1.29 is 27.5 Å². The van der Waals surface area contributed by atoms with Gasteiger partial charge < -0.3 is 26.0 Å². The molecule has 64 heavy (non-hydrogen) atoms. The summed E-state index contributed by atoms with van der Waals surface area (Å²) in [6, 6.07) is 22.4. The van der Waals surface area contributed by atoms with Crippen LogP contribution < -0.4 is 16.2 Å². The van der Waals surface area contributed by atoms with Crippen molar-refractivity contribution >= 4 is 65.2 Å². The molecule has 4 N–H and O–H groups in total. The second kappa shape index (κ2) is 16.7. The second-order valence-electron chi connectivity index (χ2n) is 16.1. The van der Waals surface area contributed by atoms with E-state index in [2.05, 4.69) is 19.9 Å². The number of nitrogen functional groups attached to an aromatic ring is 2. The smallest absolute Gasteiger partial charge is 0.256 e. The number of hydrogen-bond acceptors (Lipinski definition) is 11. The first kappa shape index (κ1) is 41.1. The van der Waals surface area contributed by atoms with E-state index in [1.807, 2.05) is 55.5 Å². The molecular weight excluding hydrogens is 858 g/mol. The molecule has 0 bridgehead atoms. The molecule has 11 rings (SSSR count). The van der Waals surface area contributed by atoms with Gasteiger partial charge in [0.05, 0.1) is 49.1 Å². The molecule has 0 atom stereocenters. The van der Waals surface area contributed by atoms with Crippen LogP contribution in [0.1, 0.15) is 61.6 Å². The maximum Gasteiger partial charge on any atom is 0.256 e. The van der Waals surface area contributed by atoms with Crippen LogP contribution in [0.3, 0.4) is 0 Å². The lowest BCUT2D eigenvalue weighted by molar-refractivity contribution is 0.0715. The van der Waals surface area contributed by atoms with E-state index >= 15 is 0 Å². The van der Waals surface area contributed by atoms with Crippen LogP contribution in [0.4, 0.5) is 23.4 Å². The number of nitrogens with two attached hydrogens (primary N) is 2. The van der Waals surface area contributed by atoms with Crippen molar-refractivity contribution in [2.45, 2.75) is 51.8 Å². The van der Waals surface area contributed by atoms with Gasteiger partial charge in [0.15, 0.2) is 21.8 Å². The van der Waals surface area contributed by atoms with Crippen molar-refractivity contribution in [2.24, 2.45) is 0 Å². The van der Waals surface area contributed by atoms with Gasteiger partial charge in [0, 0.05) is 79.7 Å². The number of hydrogen-bond donors (Lipinski definition) is 2. The van der Waals surface area contributed by atoms with Gasteiger partial charge in [-0.15, -0.1) is 0 Å². The molecule has 1 aliphatic carbocycles. The van der Waals surface area contributed by atoms with Crippen LogP contribution in [0.2, 0.25) is 0 Å². The molecule has 4 aromatic carbocycles. The van der Waals surface area contributed by atoms with Crippen LogP contribution >= 0.6 is 22.7 Å². The van der Waals surface area contributed by atoms with Gasteiger partial charge in [-0.3, -0.25) is 19.6 Å². The summed E-state index contributed by atoms with van der Waals surface area (Å²) in [5, 5.41) is 1.03. The van der Waals surface area contributed by atoms with Crippen LogP contribution in [-0.2, 0) is 25.9 Å². The molecule has 0 radical (unpaired) electrons. The molecule has 8 aromatic rings. The predicted molar refractivity (Wildman–Crippen MR) is 243 cm³/mol. The highest BCUT2D eigenvalue weighted by Gasteiger charge is 2.31. The zero-order valence-corrected chi connectivity index (χ0v) is 36.0. The lowest BCUT2D eigenvalue weighted by Gasteiger charge is -2.29. The van der Waals surface area contributed by atoms with Crippen molar-refractivity contribution in [2.75, 3.05) is 24.6 Å². The van der Waals surface area contributed by atoms with Crippen molar-refractivity contribution in [3.05, 3.63) is 148 Å². The molecule has 2 aliphatic heterocycles. The maximum atomic E-state index is 14.5. The third-order valence-corrected chi connectivity index (χ3v) is 13.2. The number of ether oxygens (including phenoxy) is 1. The number of aryl methyl sites for hydroxylation is 1. The number of thiazole rings is 2. The topological polar surface area (TPSA) is 153 Å². The summed E-state index contributed by atoms with van der Waals surface area (Å²) in [6.45, 7) is 3.16. The van der Waals surface area contributed by atoms with Gasteiger partial charge in [0.1, 0.15) is 11.6 Å². The molecule has 6 heterocycles. The number of amides is 2. The zero-order chi connectivity index (χ0) is 44.2. The van der Waals surface area contributed by atoms with Gasteiger partial charge in [-0.2, -0.15) is 0 Å². The Morgan fingerprint density at radius 1 is 0.656 bits per heavy atom.